The van der Waals surface area contributed by atoms with E-state index in [1.807, 2.05) is 18.2 Å². The number of fused-ring (bicyclic) bond motifs is 1. The fraction of sp³-hybridized carbons (Fsp3) is 0.556. The van der Waals surface area contributed by atoms with Crippen LogP contribution in [-0.2, 0) is 14.3 Å². The van der Waals surface area contributed by atoms with Crippen LogP contribution in [0.15, 0.2) is 18.2 Å². The third-order valence-electron chi connectivity index (χ3n) is 4.68. The Bertz CT molecular complexity index is 646. The molecule has 3 rings (SSSR count). The number of para-hydroxylation sites is 1. The average molecular weight is 349 g/mol. The van der Waals surface area contributed by atoms with Gasteiger partial charge in [-0.1, -0.05) is 12.1 Å². The van der Waals surface area contributed by atoms with Gasteiger partial charge in [0, 0.05) is 32.1 Å². The van der Waals surface area contributed by atoms with Crippen molar-refractivity contribution in [3.05, 3.63) is 23.8 Å². The first-order valence-electron chi connectivity index (χ1n) is 8.53. The number of ether oxygens (including phenoxy) is 3. The van der Waals surface area contributed by atoms with Gasteiger partial charge in [-0.3, -0.25) is 9.59 Å². The summed E-state index contributed by atoms with van der Waals surface area (Å²) in [5.41, 5.74) is 0.691. The van der Waals surface area contributed by atoms with Crippen molar-refractivity contribution in [2.75, 3.05) is 33.5 Å². The Morgan fingerprint density at radius 1 is 1.36 bits per heavy atom. The van der Waals surface area contributed by atoms with Crippen LogP contribution in [0.5, 0.6) is 11.5 Å². The predicted molar refractivity (Wildman–Crippen MR) is 88.7 cm³/mol. The minimum Gasteiger partial charge on any atom is -0.490 e. The van der Waals surface area contributed by atoms with Crippen LogP contribution < -0.4 is 9.47 Å². The molecule has 7 nitrogen and oxygen atoms in total. The van der Waals surface area contributed by atoms with Gasteiger partial charge in [0.05, 0.1) is 31.8 Å². The van der Waals surface area contributed by atoms with E-state index in [9.17, 15) is 14.7 Å². The van der Waals surface area contributed by atoms with Gasteiger partial charge in [0.2, 0.25) is 5.91 Å². The Morgan fingerprint density at radius 3 is 2.92 bits per heavy atom. The average Bonchev–Trinajstić information content (AvgIpc) is 2.85. The standard InChI is InChI=1S/C18H23NO6/c1-23-11-8-19-15(20)7-6-13(18(21)22)16(19)12-4-2-5-14-17(12)25-10-3-9-24-14/h2,4-5,13,16H,3,6-11H2,1H3,(H,21,22). The lowest BCUT2D eigenvalue weighted by Crippen LogP contribution is -2.46. The molecule has 0 aliphatic carbocycles. The number of carboxylic acids is 1. The van der Waals surface area contributed by atoms with E-state index in [4.69, 9.17) is 14.2 Å². The lowest BCUT2D eigenvalue weighted by molar-refractivity contribution is -0.152. The van der Waals surface area contributed by atoms with Gasteiger partial charge in [0.25, 0.3) is 0 Å². The second-order valence-electron chi connectivity index (χ2n) is 6.23. The van der Waals surface area contributed by atoms with Crippen molar-refractivity contribution in [2.24, 2.45) is 5.92 Å². The molecule has 2 aliphatic heterocycles. The fourth-order valence-electron chi connectivity index (χ4n) is 3.50. The largest absolute Gasteiger partial charge is 0.490 e. The minimum atomic E-state index is -0.910. The molecule has 0 bridgehead atoms. The smallest absolute Gasteiger partial charge is 0.308 e. The number of benzene rings is 1. The topological polar surface area (TPSA) is 85.3 Å². The summed E-state index contributed by atoms with van der Waals surface area (Å²) >= 11 is 0. The third kappa shape index (κ3) is 3.56. The van der Waals surface area contributed by atoms with E-state index in [0.717, 1.165) is 6.42 Å². The number of carboxylic acid groups (broad SMARTS) is 1. The van der Waals surface area contributed by atoms with Crippen LogP contribution in [-0.4, -0.2) is 55.4 Å². The zero-order chi connectivity index (χ0) is 17.8. The molecular formula is C18H23NO6. The quantitative estimate of drug-likeness (QED) is 0.873. The Hall–Kier alpha value is -2.28. The van der Waals surface area contributed by atoms with Crippen molar-refractivity contribution in [1.82, 2.24) is 4.90 Å². The van der Waals surface area contributed by atoms with E-state index in [1.165, 1.54) is 0 Å². The number of hydrogen-bond donors (Lipinski definition) is 1. The van der Waals surface area contributed by atoms with E-state index in [1.54, 1.807) is 12.0 Å². The second-order valence-corrected chi connectivity index (χ2v) is 6.23. The minimum absolute atomic E-state index is 0.0632. The second kappa shape index (κ2) is 7.74. The molecule has 1 saturated heterocycles. The van der Waals surface area contributed by atoms with Crippen LogP contribution in [0.4, 0.5) is 0 Å². The van der Waals surface area contributed by atoms with Crippen molar-refractivity contribution in [1.29, 1.82) is 0 Å². The molecule has 2 heterocycles. The highest BCUT2D eigenvalue weighted by atomic mass is 16.5. The zero-order valence-electron chi connectivity index (χ0n) is 14.3. The first-order chi connectivity index (χ1) is 12.1. The van der Waals surface area contributed by atoms with Crippen LogP contribution >= 0.6 is 0 Å². The van der Waals surface area contributed by atoms with Crippen LogP contribution in [0.25, 0.3) is 0 Å². The lowest BCUT2D eigenvalue weighted by Gasteiger charge is -2.40. The first-order valence-corrected chi connectivity index (χ1v) is 8.53. The van der Waals surface area contributed by atoms with Gasteiger partial charge in [-0.2, -0.15) is 0 Å². The molecule has 0 spiro atoms. The van der Waals surface area contributed by atoms with E-state index < -0.39 is 17.9 Å². The number of aliphatic carboxylic acids is 1. The number of rotatable bonds is 5. The Balaban J connectivity index is 2.05. The molecule has 1 amide bonds. The fourth-order valence-corrected chi connectivity index (χ4v) is 3.50. The van der Waals surface area contributed by atoms with Gasteiger partial charge in [-0.25, -0.2) is 0 Å². The number of likely N-dealkylation sites (tertiary alicyclic amines) is 1. The van der Waals surface area contributed by atoms with Crippen LogP contribution in [0.1, 0.15) is 30.9 Å². The zero-order valence-corrected chi connectivity index (χ0v) is 14.3. The highest BCUT2D eigenvalue weighted by Crippen LogP contribution is 2.44. The predicted octanol–water partition coefficient (Wildman–Crippen LogP) is 1.86. The van der Waals surface area contributed by atoms with Gasteiger partial charge in [-0.15, -0.1) is 0 Å². The summed E-state index contributed by atoms with van der Waals surface area (Å²) in [6.07, 6.45) is 1.30. The van der Waals surface area contributed by atoms with Gasteiger partial charge < -0.3 is 24.2 Å². The monoisotopic (exact) mass is 349 g/mol. The summed E-state index contributed by atoms with van der Waals surface area (Å²) in [5, 5.41) is 9.72. The lowest BCUT2D eigenvalue weighted by atomic mass is 9.83. The van der Waals surface area contributed by atoms with Crippen LogP contribution in [0.3, 0.4) is 0 Å². The molecule has 2 unspecified atom stereocenters. The number of piperidine rings is 1. The van der Waals surface area contributed by atoms with E-state index in [0.29, 0.717) is 49.8 Å². The summed E-state index contributed by atoms with van der Waals surface area (Å²) in [4.78, 5) is 26.0. The Kier molecular flexibility index (Phi) is 5.43. The van der Waals surface area contributed by atoms with Gasteiger partial charge in [-0.05, 0) is 12.5 Å². The summed E-state index contributed by atoms with van der Waals surface area (Å²) < 4.78 is 16.7. The van der Waals surface area contributed by atoms with Crippen molar-refractivity contribution in [3.63, 3.8) is 0 Å². The molecule has 0 aromatic heterocycles. The van der Waals surface area contributed by atoms with Gasteiger partial charge in [0.15, 0.2) is 11.5 Å². The van der Waals surface area contributed by atoms with Crippen LogP contribution in [0.2, 0.25) is 0 Å². The first kappa shape index (κ1) is 17.5. The summed E-state index contributed by atoms with van der Waals surface area (Å²) in [5.74, 6) is -0.510. The third-order valence-corrected chi connectivity index (χ3v) is 4.68. The number of amides is 1. The molecule has 2 aliphatic rings. The molecule has 25 heavy (non-hydrogen) atoms. The van der Waals surface area contributed by atoms with Crippen molar-refractivity contribution in [3.8, 4) is 11.5 Å². The molecule has 0 saturated carbocycles. The highest BCUT2D eigenvalue weighted by molar-refractivity contribution is 5.82. The number of carbonyl (C=O) groups excluding carboxylic acids is 1. The van der Waals surface area contributed by atoms with Crippen LogP contribution in [0, 0.1) is 5.92 Å². The Labute approximate surface area is 146 Å². The summed E-state index contributed by atoms with van der Waals surface area (Å²) in [6.45, 7) is 1.74. The maximum Gasteiger partial charge on any atom is 0.308 e. The molecular weight excluding hydrogens is 326 g/mol. The van der Waals surface area contributed by atoms with Gasteiger partial charge >= 0.3 is 5.97 Å². The van der Waals surface area contributed by atoms with E-state index in [2.05, 4.69) is 0 Å². The normalized spacial score (nSPS) is 23.2. The maximum absolute atomic E-state index is 12.5. The van der Waals surface area contributed by atoms with Crippen molar-refractivity contribution in [2.45, 2.75) is 25.3 Å². The molecule has 1 fully saturated rings. The van der Waals surface area contributed by atoms with Gasteiger partial charge in [0.1, 0.15) is 0 Å². The SMILES string of the molecule is COCCN1C(=O)CCC(C(=O)O)C1c1cccc2c1OCCCO2. The molecule has 1 aromatic carbocycles. The van der Waals surface area contributed by atoms with E-state index >= 15 is 0 Å². The number of hydrogen-bond acceptors (Lipinski definition) is 5. The van der Waals surface area contributed by atoms with E-state index in [-0.39, 0.29) is 12.3 Å². The molecule has 2 atom stereocenters. The summed E-state index contributed by atoms with van der Waals surface area (Å²) in [7, 11) is 1.56. The molecule has 7 heteroatoms. The molecule has 1 N–H and O–H groups in total. The molecule has 1 aromatic rings. The number of nitrogens with zero attached hydrogens (tertiary/aromatic N) is 1. The van der Waals surface area contributed by atoms with Crippen molar-refractivity contribution >= 4 is 11.9 Å². The number of carbonyl (C=O) groups is 2. The summed E-state index contributed by atoms with van der Waals surface area (Å²) in [6, 6.07) is 4.86. The number of methoxy groups -OCH3 is 1. The Morgan fingerprint density at radius 2 is 2.16 bits per heavy atom. The maximum atomic E-state index is 12.5. The molecule has 136 valence electrons. The van der Waals surface area contributed by atoms with Crippen molar-refractivity contribution < 1.29 is 28.9 Å². The highest BCUT2D eigenvalue weighted by Gasteiger charge is 2.42. The molecule has 0 radical (unpaired) electrons.